The Morgan fingerprint density at radius 1 is 1.21 bits per heavy atom. The Labute approximate surface area is 168 Å². The van der Waals surface area contributed by atoms with E-state index in [-0.39, 0.29) is 24.1 Å². The molecular formula is C21H28N4O2S. The lowest BCUT2D eigenvalue weighted by Gasteiger charge is -2.29. The maximum absolute atomic E-state index is 13.0. The van der Waals surface area contributed by atoms with Crippen LogP contribution in [0.1, 0.15) is 57.2 Å². The summed E-state index contributed by atoms with van der Waals surface area (Å²) in [6.45, 7) is 6.33. The van der Waals surface area contributed by atoms with Crippen LogP contribution in [0.3, 0.4) is 0 Å². The van der Waals surface area contributed by atoms with Gasteiger partial charge in [0.05, 0.1) is 10.2 Å². The molecule has 4 rings (SSSR count). The van der Waals surface area contributed by atoms with E-state index in [0.717, 1.165) is 41.7 Å². The predicted octanol–water partition coefficient (Wildman–Crippen LogP) is 3.53. The number of hydrogen-bond donors (Lipinski definition) is 1. The van der Waals surface area contributed by atoms with E-state index in [2.05, 4.69) is 30.3 Å². The average Bonchev–Trinajstić information content (AvgIpc) is 3.24. The van der Waals surface area contributed by atoms with Crippen LogP contribution >= 0.6 is 11.3 Å². The number of aromatic nitrogens is 3. The van der Waals surface area contributed by atoms with Crippen LogP contribution in [0.5, 0.6) is 0 Å². The molecule has 7 heteroatoms. The molecule has 1 amide bonds. The Kier molecular flexibility index (Phi) is 5.27. The van der Waals surface area contributed by atoms with Crippen LogP contribution in [-0.4, -0.2) is 26.1 Å². The third kappa shape index (κ3) is 3.36. The number of carbonyl (C=O) groups excluding carboxylic acids is 1. The molecule has 0 saturated heterocycles. The van der Waals surface area contributed by atoms with Gasteiger partial charge in [-0.2, -0.15) is 5.10 Å². The van der Waals surface area contributed by atoms with Gasteiger partial charge in [-0.3, -0.25) is 14.0 Å². The zero-order valence-electron chi connectivity index (χ0n) is 16.8. The van der Waals surface area contributed by atoms with E-state index >= 15 is 0 Å². The minimum absolute atomic E-state index is 0.0232. The maximum atomic E-state index is 13.0. The summed E-state index contributed by atoms with van der Waals surface area (Å²) in [4.78, 5) is 26.9. The smallest absolute Gasteiger partial charge is 0.291 e. The second kappa shape index (κ2) is 7.70. The minimum Gasteiger partial charge on any atom is -0.351 e. The number of thiophene rings is 1. The molecule has 0 spiro atoms. The Balaban J connectivity index is 1.66. The van der Waals surface area contributed by atoms with Crippen LogP contribution in [0.15, 0.2) is 16.9 Å². The van der Waals surface area contributed by atoms with E-state index in [1.54, 1.807) is 11.3 Å². The van der Waals surface area contributed by atoms with Crippen LogP contribution in [0, 0.1) is 5.92 Å². The molecule has 1 aliphatic rings. The van der Waals surface area contributed by atoms with E-state index in [4.69, 9.17) is 0 Å². The van der Waals surface area contributed by atoms with Gasteiger partial charge in [-0.15, -0.1) is 11.3 Å². The Morgan fingerprint density at radius 3 is 2.71 bits per heavy atom. The monoisotopic (exact) mass is 400 g/mol. The van der Waals surface area contributed by atoms with Crippen LogP contribution < -0.4 is 10.9 Å². The molecule has 0 radical (unpaired) electrons. The van der Waals surface area contributed by atoms with Gasteiger partial charge in [-0.25, -0.2) is 4.68 Å². The Morgan fingerprint density at radius 2 is 2.00 bits per heavy atom. The molecule has 6 nitrogen and oxygen atoms in total. The molecule has 3 aromatic heterocycles. The minimum atomic E-state index is -0.203. The molecule has 0 bridgehead atoms. The summed E-state index contributed by atoms with van der Waals surface area (Å²) in [5.41, 5.74) is 1.45. The number of aryl methyl sites for hydroxylation is 2. The average molecular weight is 401 g/mol. The highest BCUT2D eigenvalue weighted by Gasteiger charge is 2.23. The molecule has 3 heterocycles. The summed E-state index contributed by atoms with van der Waals surface area (Å²) in [5.74, 6) is 1.17. The fourth-order valence-corrected chi connectivity index (χ4v) is 5.29. The standard InChI is InChI=1S/C21H28N4O2S/c1-4-14-10-16-18(28-14)11-17-21(27)24(23-19(5-2)25(16)17)12-20(26)22-15-9-7-6-8-13(15)3/h10-11,13,15H,4-9,12H2,1-3H3,(H,22,26). The summed E-state index contributed by atoms with van der Waals surface area (Å²) >= 11 is 1.72. The van der Waals surface area contributed by atoms with E-state index < -0.39 is 0 Å². The van der Waals surface area contributed by atoms with Crippen molar-refractivity contribution in [2.45, 2.75) is 71.9 Å². The van der Waals surface area contributed by atoms with E-state index in [9.17, 15) is 9.59 Å². The van der Waals surface area contributed by atoms with E-state index in [0.29, 0.717) is 17.9 Å². The molecular weight excluding hydrogens is 372 g/mol. The largest absolute Gasteiger partial charge is 0.351 e. The SMILES string of the molecule is CCc1cc2c(cc3c(=O)n(CC(=O)NC4CCCCC4C)nc(CC)n32)s1. The first-order valence-corrected chi connectivity index (χ1v) is 11.2. The van der Waals surface area contributed by atoms with Crippen molar-refractivity contribution in [3.63, 3.8) is 0 Å². The Bertz CT molecular complexity index is 1080. The van der Waals surface area contributed by atoms with Gasteiger partial charge in [0.2, 0.25) is 5.91 Å². The molecule has 28 heavy (non-hydrogen) atoms. The van der Waals surface area contributed by atoms with E-state index in [1.807, 2.05) is 17.4 Å². The molecule has 1 aliphatic carbocycles. The van der Waals surface area contributed by atoms with Crippen molar-refractivity contribution in [3.05, 3.63) is 33.2 Å². The second-order valence-corrected chi connectivity index (χ2v) is 9.02. The lowest BCUT2D eigenvalue weighted by molar-refractivity contribution is -0.123. The third-order valence-corrected chi connectivity index (χ3v) is 7.12. The summed E-state index contributed by atoms with van der Waals surface area (Å²) < 4.78 is 4.40. The molecule has 3 aromatic rings. The molecule has 0 aromatic carbocycles. The number of nitrogens with zero attached hydrogens (tertiary/aromatic N) is 3. The molecule has 0 aliphatic heterocycles. The van der Waals surface area contributed by atoms with Gasteiger partial charge in [-0.05, 0) is 37.3 Å². The van der Waals surface area contributed by atoms with Gasteiger partial charge in [0.1, 0.15) is 17.9 Å². The molecule has 150 valence electrons. The van der Waals surface area contributed by atoms with Gasteiger partial charge in [0.15, 0.2) is 0 Å². The zero-order valence-corrected chi connectivity index (χ0v) is 17.6. The number of nitrogens with one attached hydrogen (secondary N) is 1. The highest BCUT2D eigenvalue weighted by atomic mass is 32.1. The van der Waals surface area contributed by atoms with Crippen LogP contribution in [0.25, 0.3) is 15.7 Å². The first kappa shape index (κ1) is 19.2. The quantitative estimate of drug-likeness (QED) is 0.712. The van der Waals surface area contributed by atoms with Crippen molar-refractivity contribution < 1.29 is 4.79 Å². The second-order valence-electron chi connectivity index (χ2n) is 7.85. The fraction of sp³-hybridized carbons (Fsp3) is 0.571. The van der Waals surface area contributed by atoms with Gasteiger partial charge < -0.3 is 5.32 Å². The topological polar surface area (TPSA) is 68.4 Å². The lowest BCUT2D eigenvalue weighted by Crippen LogP contribution is -2.44. The Hall–Kier alpha value is -2.15. The summed E-state index contributed by atoms with van der Waals surface area (Å²) in [6.07, 6.45) is 6.22. The number of hydrogen-bond acceptors (Lipinski definition) is 4. The molecule has 1 saturated carbocycles. The van der Waals surface area contributed by atoms with Crippen molar-refractivity contribution >= 4 is 33.0 Å². The lowest BCUT2D eigenvalue weighted by atomic mass is 9.86. The van der Waals surface area contributed by atoms with Crippen molar-refractivity contribution in [1.29, 1.82) is 0 Å². The van der Waals surface area contributed by atoms with Gasteiger partial charge >= 0.3 is 0 Å². The van der Waals surface area contributed by atoms with Gasteiger partial charge in [0, 0.05) is 17.3 Å². The number of amides is 1. The summed E-state index contributed by atoms with van der Waals surface area (Å²) in [7, 11) is 0. The van der Waals surface area contributed by atoms with Gasteiger partial charge in [-0.1, -0.05) is 33.6 Å². The molecule has 1 fully saturated rings. The van der Waals surface area contributed by atoms with Crippen molar-refractivity contribution in [2.24, 2.45) is 5.92 Å². The zero-order chi connectivity index (χ0) is 19.8. The van der Waals surface area contributed by atoms with Crippen molar-refractivity contribution in [1.82, 2.24) is 19.5 Å². The fourth-order valence-electron chi connectivity index (χ4n) is 4.27. The van der Waals surface area contributed by atoms with Gasteiger partial charge in [0.25, 0.3) is 5.56 Å². The van der Waals surface area contributed by atoms with E-state index in [1.165, 1.54) is 16.0 Å². The number of fused-ring (bicyclic) bond motifs is 3. The predicted molar refractivity (Wildman–Crippen MR) is 113 cm³/mol. The third-order valence-electron chi connectivity index (χ3n) is 5.90. The summed E-state index contributed by atoms with van der Waals surface area (Å²) in [6, 6.07) is 4.30. The first-order chi connectivity index (χ1) is 13.5. The van der Waals surface area contributed by atoms with Crippen LogP contribution in [0.4, 0.5) is 0 Å². The maximum Gasteiger partial charge on any atom is 0.291 e. The van der Waals surface area contributed by atoms with Crippen LogP contribution in [-0.2, 0) is 24.2 Å². The molecule has 2 unspecified atom stereocenters. The highest BCUT2D eigenvalue weighted by Crippen LogP contribution is 2.29. The van der Waals surface area contributed by atoms with Crippen molar-refractivity contribution in [2.75, 3.05) is 0 Å². The first-order valence-electron chi connectivity index (χ1n) is 10.3. The van der Waals surface area contributed by atoms with Crippen LogP contribution in [0.2, 0.25) is 0 Å². The number of carbonyl (C=O) groups is 1. The highest BCUT2D eigenvalue weighted by molar-refractivity contribution is 7.19. The normalized spacial score (nSPS) is 20.1. The van der Waals surface area contributed by atoms with Crippen molar-refractivity contribution in [3.8, 4) is 0 Å². The number of rotatable bonds is 5. The summed E-state index contributed by atoms with van der Waals surface area (Å²) in [5, 5.41) is 7.66. The molecule has 1 N–H and O–H groups in total. The molecule has 2 atom stereocenters.